The minimum Gasteiger partial charge on any atom is -0.444 e. The van der Waals surface area contributed by atoms with Crippen LogP contribution in [0.15, 0.2) is 18.3 Å². The summed E-state index contributed by atoms with van der Waals surface area (Å²) in [7, 11) is 0. The summed E-state index contributed by atoms with van der Waals surface area (Å²) in [5, 5.41) is 0. The molecule has 6 heteroatoms. The molecule has 0 saturated carbocycles. The first-order valence-corrected chi connectivity index (χ1v) is 8.80. The number of piperidine rings is 1. The summed E-state index contributed by atoms with van der Waals surface area (Å²) in [6.45, 7) is 8.41. The molecular weight excluding hydrogens is 320 g/mol. The van der Waals surface area contributed by atoms with E-state index in [9.17, 15) is 9.59 Å². The topological polar surface area (TPSA) is 68.7 Å². The Morgan fingerprint density at radius 1 is 1.24 bits per heavy atom. The molecule has 6 nitrogen and oxygen atoms in total. The van der Waals surface area contributed by atoms with Crippen molar-refractivity contribution in [2.45, 2.75) is 58.2 Å². The Hall–Kier alpha value is -1.95. The Kier molecular flexibility index (Phi) is 4.82. The van der Waals surface area contributed by atoms with Crippen LogP contribution in [0, 0.1) is 12.8 Å². The highest BCUT2D eigenvalue weighted by Gasteiger charge is 2.45. The number of rotatable bonds is 2. The van der Waals surface area contributed by atoms with Crippen LogP contribution in [-0.2, 0) is 9.47 Å². The number of aromatic nitrogens is 1. The van der Waals surface area contributed by atoms with Gasteiger partial charge in [-0.15, -0.1) is 0 Å². The maximum atomic E-state index is 12.9. The molecule has 1 aromatic heterocycles. The van der Waals surface area contributed by atoms with Gasteiger partial charge in [0.15, 0.2) is 5.78 Å². The van der Waals surface area contributed by atoms with Crippen molar-refractivity contribution < 1.29 is 19.1 Å². The molecule has 2 bridgehead atoms. The fourth-order valence-corrected chi connectivity index (χ4v) is 3.62. The van der Waals surface area contributed by atoms with E-state index in [1.54, 1.807) is 11.1 Å². The lowest BCUT2D eigenvalue weighted by atomic mass is 9.81. The predicted molar refractivity (Wildman–Crippen MR) is 92.5 cm³/mol. The minimum absolute atomic E-state index is 0.0597. The number of nitrogens with zero attached hydrogens (tertiary/aromatic N) is 2. The summed E-state index contributed by atoms with van der Waals surface area (Å²) in [5.74, 6) is -0.0728. The molecule has 2 atom stereocenters. The Labute approximate surface area is 148 Å². The van der Waals surface area contributed by atoms with E-state index in [1.807, 2.05) is 39.8 Å². The van der Waals surface area contributed by atoms with Crippen LogP contribution < -0.4 is 0 Å². The maximum Gasteiger partial charge on any atom is 0.410 e. The van der Waals surface area contributed by atoms with Crippen LogP contribution in [0.3, 0.4) is 0 Å². The molecule has 2 saturated heterocycles. The summed E-state index contributed by atoms with van der Waals surface area (Å²) < 4.78 is 11.2. The average molecular weight is 346 g/mol. The van der Waals surface area contributed by atoms with E-state index in [-0.39, 0.29) is 29.9 Å². The number of pyridine rings is 1. The van der Waals surface area contributed by atoms with Gasteiger partial charge in [0.25, 0.3) is 0 Å². The summed E-state index contributed by atoms with van der Waals surface area (Å²) in [6, 6.07) is 3.46. The standard InChI is InChI=1S/C19H26N2O4/c1-12-5-6-20-16(7-12)17(22)13-8-14-10-24-11-15(9-13)21(14)18(23)25-19(2,3)4/h5-7,13-15H,8-11H2,1-4H3. The summed E-state index contributed by atoms with van der Waals surface area (Å²) in [6.07, 6.45) is 2.53. The van der Waals surface area contributed by atoms with Crippen LogP contribution in [0.4, 0.5) is 4.79 Å². The van der Waals surface area contributed by atoms with Crippen molar-refractivity contribution in [2.24, 2.45) is 5.92 Å². The molecule has 0 aliphatic carbocycles. The average Bonchev–Trinajstić information content (AvgIpc) is 2.51. The highest BCUT2D eigenvalue weighted by Crippen LogP contribution is 2.34. The number of carbonyl (C=O) groups is 2. The number of fused-ring (bicyclic) bond motifs is 2. The molecular formula is C19H26N2O4. The van der Waals surface area contributed by atoms with E-state index < -0.39 is 5.60 Å². The van der Waals surface area contributed by atoms with Gasteiger partial charge in [-0.25, -0.2) is 4.79 Å². The quantitative estimate of drug-likeness (QED) is 0.770. The van der Waals surface area contributed by atoms with Crippen LogP contribution in [-0.4, -0.2) is 52.7 Å². The van der Waals surface area contributed by atoms with Crippen LogP contribution in [0.5, 0.6) is 0 Å². The van der Waals surface area contributed by atoms with E-state index in [0.29, 0.717) is 31.7 Å². The zero-order valence-corrected chi connectivity index (χ0v) is 15.3. The first-order chi connectivity index (χ1) is 11.7. The normalized spacial score (nSPS) is 26.2. The molecule has 1 amide bonds. The van der Waals surface area contributed by atoms with E-state index >= 15 is 0 Å². The number of aryl methyl sites for hydroxylation is 1. The van der Waals surface area contributed by atoms with Gasteiger partial charge in [-0.3, -0.25) is 14.7 Å². The highest BCUT2D eigenvalue weighted by molar-refractivity contribution is 5.96. The highest BCUT2D eigenvalue weighted by atomic mass is 16.6. The number of morpholine rings is 1. The van der Waals surface area contributed by atoms with Crippen LogP contribution in [0.25, 0.3) is 0 Å². The number of Topliss-reactive ketones (excluding diaryl/α,β-unsaturated/α-hetero) is 1. The van der Waals surface area contributed by atoms with E-state index in [1.165, 1.54) is 0 Å². The van der Waals surface area contributed by atoms with E-state index in [0.717, 1.165) is 5.56 Å². The number of carbonyl (C=O) groups excluding carboxylic acids is 2. The van der Waals surface area contributed by atoms with Gasteiger partial charge in [0, 0.05) is 12.1 Å². The fraction of sp³-hybridized carbons (Fsp3) is 0.632. The number of hydrogen-bond donors (Lipinski definition) is 0. The molecule has 2 aliphatic heterocycles. The third-order valence-electron chi connectivity index (χ3n) is 4.66. The van der Waals surface area contributed by atoms with Crippen molar-refractivity contribution in [3.63, 3.8) is 0 Å². The van der Waals surface area contributed by atoms with Gasteiger partial charge >= 0.3 is 6.09 Å². The Morgan fingerprint density at radius 3 is 2.44 bits per heavy atom. The second-order valence-corrected chi connectivity index (χ2v) is 7.98. The molecule has 2 unspecified atom stereocenters. The van der Waals surface area contributed by atoms with Gasteiger partial charge in [-0.2, -0.15) is 0 Å². The molecule has 136 valence electrons. The molecule has 0 N–H and O–H groups in total. The van der Waals surface area contributed by atoms with Crippen molar-refractivity contribution in [2.75, 3.05) is 13.2 Å². The molecule has 0 radical (unpaired) electrons. The lowest BCUT2D eigenvalue weighted by Gasteiger charge is -2.47. The molecule has 3 rings (SSSR count). The van der Waals surface area contributed by atoms with E-state index in [2.05, 4.69) is 4.98 Å². The molecule has 0 aromatic carbocycles. The Balaban J connectivity index is 1.75. The second-order valence-electron chi connectivity index (χ2n) is 7.98. The van der Waals surface area contributed by atoms with Gasteiger partial charge in [-0.1, -0.05) is 0 Å². The second kappa shape index (κ2) is 6.75. The first-order valence-electron chi connectivity index (χ1n) is 8.80. The summed E-state index contributed by atoms with van der Waals surface area (Å²) in [4.78, 5) is 31.4. The van der Waals surface area contributed by atoms with Crippen molar-refractivity contribution in [1.29, 1.82) is 0 Å². The number of amides is 1. The van der Waals surface area contributed by atoms with Gasteiger partial charge in [-0.05, 0) is 58.2 Å². The molecule has 1 aromatic rings. The largest absolute Gasteiger partial charge is 0.444 e. The molecule has 2 aliphatic rings. The van der Waals surface area contributed by atoms with Crippen LogP contribution in [0.2, 0.25) is 0 Å². The lowest BCUT2D eigenvalue weighted by molar-refractivity contribution is -0.0861. The Morgan fingerprint density at radius 2 is 1.88 bits per heavy atom. The zero-order valence-electron chi connectivity index (χ0n) is 15.3. The zero-order chi connectivity index (χ0) is 18.2. The van der Waals surface area contributed by atoms with Gasteiger partial charge < -0.3 is 9.47 Å². The molecule has 25 heavy (non-hydrogen) atoms. The van der Waals surface area contributed by atoms with Crippen LogP contribution in [0.1, 0.15) is 49.7 Å². The third-order valence-corrected chi connectivity index (χ3v) is 4.66. The summed E-state index contributed by atoms with van der Waals surface area (Å²) in [5.41, 5.74) is 0.993. The smallest absolute Gasteiger partial charge is 0.410 e. The number of ether oxygens (including phenoxy) is 2. The monoisotopic (exact) mass is 346 g/mol. The van der Waals surface area contributed by atoms with Crippen molar-refractivity contribution >= 4 is 11.9 Å². The third kappa shape index (κ3) is 4.00. The van der Waals surface area contributed by atoms with E-state index in [4.69, 9.17) is 9.47 Å². The minimum atomic E-state index is -0.537. The van der Waals surface area contributed by atoms with Crippen LogP contribution >= 0.6 is 0 Å². The van der Waals surface area contributed by atoms with Gasteiger partial charge in [0.05, 0.1) is 25.3 Å². The summed E-state index contributed by atoms with van der Waals surface area (Å²) >= 11 is 0. The molecule has 3 heterocycles. The fourth-order valence-electron chi connectivity index (χ4n) is 3.62. The van der Waals surface area contributed by atoms with Crippen molar-refractivity contribution in [3.05, 3.63) is 29.6 Å². The SMILES string of the molecule is Cc1ccnc(C(=O)C2CC3COCC(C2)N3C(=O)OC(C)(C)C)c1. The molecule has 2 fully saturated rings. The van der Waals surface area contributed by atoms with Gasteiger partial charge in [0.2, 0.25) is 0 Å². The number of ketones is 1. The Bertz CT molecular complexity index is 654. The first kappa shape index (κ1) is 17.9. The predicted octanol–water partition coefficient (Wildman–Crippen LogP) is 2.99. The lowest BCUT2D eigenvalue weighted by Crippen LogP contribution is -2.60. The van der Waals surface area contributed by atoms with Gasteiger partial charge in [0.1, 0.15) is 11.3 Å². The van der Waals surface area contributed by atoms with Crippen molar-refractivity contribution in [3.8, 4) is 0 Å². The maximum absolute atomic E-state index is 12.9. The number of hydrogen-bond acceptors (Lipinski definition) is 5. The molecule has 0 spiro atoms. The van der Waals surface area contributed by atoms with Crippen molar-refractivity contribution in [1.82, 2.24) is 9.88 Å².